The van der Waals surface area contributed by atoms with Gasteiger partial charge in [-0.05, 0) is 46.5 Å². The van der Waals surface area contributed by atoms with Gasteiger partial charge in [-0.15, -0.1) is 0 Å². The number of para-hydroxylation sites is 2. The van der Waals surface area contributed by atoms with Crippen LogP contribution < -0.4 is 40.9 Å². The molecule has 0 N–H and O–H groups in total. The summed E-state index contributed by atoms with van der Waals surface area (Å²) in [5.74, 6) is 1.20. The molecule has 9 aromatic carbocycles. The zero-order valence-electron chi connectivity index (χ0n) is 37.2. The second-order valence-electron chi connectivity index (χ2n) is 17.0. The van der Waals surface area contributed by atoms with Crippen molar-refractivity contribution in [3.63, 3.8) is 0 Å². The quantitative estimate of drug-likeness (QED) is 0.120. The summed E-state index contributed by atoms with van der Waals surface area (Å²) in [6.45, 7) is 0. The topological polar surface area (TPSA) is 86.7 Å². The molecule has 0 spiro atoms. The van der Waals surface area contributed by atoms with Crippen molar-refractivity contribution in [1.82, 2.24) is 0 Å². The highest BCUT2D eigenvalue weighted by atomic mass is 31.2. The molecule has 336 valence electrons. The molecule has 10 heteroatoms. The average Bonchev–Trinajstić information content (AvgIpc) is 3.40. The Labute approximate surface area is 398 Å². The lowest BCUT2D eigenvalue weighted by Crippen LogP contribution is -2.25. The first-order chi connectivity index (χ1) is 33.2. The number of hydrogen-bond acceptors (Lipinski definition) is 6. The van der Waals surface area contributed by atoms with Gasteiger partial charge in [-0.3, -0.25) is 9.13 Å². The SMILES string of the molecule is O=P(Cc1ccc(CP(=O)(c2ccccc2)c2ccccc2)cc1)(c1ccccc1)c1ccccc1.O=P1(CCP2(=O)Oc3ccccc3-c3ccccc32)Oc2ccccc2-c2ccccc21. The van der Waals surface area contributed by atoms with E-state index in [4.69, 9.17) is 9.05 Å². The van der Waals surface area contributed by atoms with Crippen LogP contribution in [0.2, 0.25) is 0 Å². The molecule has 0 radical (unpaired) electrons. The molecule has 0 fully saturated rings. The molecule has 0 saturated heterocycles. The first-order valence-corrected chi connectivity index (χ1v) is 30.0. The van der Waals surface area contributed by atoms with Gasteiger partial charge in [-0.1, -0.05) is 218 Å². The Balaban J connectivity index is 0.000000159. The van der Waals surface area contributed by atoms with Gasteiger partial charge in [-0.2, -0.15) is 0 Å². The van der Waals surface area contributed by atoms with Crippen LogP contribution >= 0.6 is 29.0 Å². The minimum absolute atomic E-state index is 0.131. The summed E-state index contributed by atoms with van der Waals surface area (Å²) < 4.78 is 69.4. The van der Waals surface area contributed by atoms with E-state index in [9.17, 15) is 18.3 Å². The smallest absolute Gasteiger partial charge is 0.278 e. The lowest BCUT2D eigenvalue weighted by atomic mass is 10.0. The van der Waals surface area contributed by atoms with Crippen LogP contribution in [0.3, 0.4) is 0 Å². The van der Waals surface area contributed by atoms with Crippen molar-refractivity contribution in [1.29, 1.82) is 0 Å². The van der Waals surface area contributed by atoms with Gasteiger partial charge in [0, 0.05) is 57.0 Å². The highest BCUT2D eigenvalue weighted by Crippen LogP contribution is 2.60. The van der Waals surface area contributed by atoms with Crippen LogP contribution in [-0.2, 0) is 30.6 Å². The van der Waals surface area contributed by atoms with Gasteiger partial charge in [0.05, 0.1) is 10.6 Å². The standard InChI is InChI=1S/C32H28O2P2.C26H20O4P2/c33-35(29-13-5-1-6-14-29,30-15-7-2-8-16-30)25-27-21-23-28(24-22-27)26-36(34,31-17-9-3-10-18-31)32-19-11-4-12-20-32;27-31(25-15-7-3-11-21(25)19-9-1-5-13-23(19)29-31)17-18-32(28)26-16-8-4-12-22(26)20-10-2-6-14-24(20)30-32/h1-24H,25-26H2;1-16H,17-18H2. The van der Waals surface area contributed by atoms with Gasteiger partial charge in [0.25, 0.3) is 14.7 Å². The molecule has 2 unspecified atom stereocenters. The molecule has 11 rings (SSSR count). The third-order valence-electron chi connectivity index (χ3n) is 12.6. The fourth-order valence-electron chi connectivity index (χ4n) is 9.15. The van der Waals surface area contributed by atoms with Gasteiger partial charge in [0.15, 0.2) is 0 Å². The molecule has 6 nitrogen and oxygen atoms in total. The van der Waals surface area contributed by atoms with Crippen molar-refractivity contribution in [2.75, 3.05) is 12.3 Å². The summed E-state index contributed by atoms with van der Waals surface area (Å²) in [5, 5.41) is 4.79. The third-order valence-corrected chi connectivity index (χ3v) is 24.0. The first kappa shape index (κ1) is 45.3. The van der Waals surface area contributed by atoms with Crippen molar-refractivity contribution in [2.45, 2.75) is 12.3 Å². The zero-order valence-corrected chi connectivity index (χ0v) is 40.7. The number of hydrogen-bond donors (Lipinski definition) is 0. The highest BCUT2D eigenvalue weighted by molar-refractivity contribution is 7.78. The summed E-state index contributed by atoms with van der Waals surface area (Å²) in [6, 6.07) is 77.6. The van der Waals surface area contributed by atoms with Crippen LogP contribution in [0.5, 0.6) is 11.5 Å². The minimum atomic E-state index is -3.29. The largest absolute Gasteiger partial charge is 0.439 e. The number of benzene rings is 9. The van der Waals surface area contributed by atoms with Crippen molar-refractivity contribution in [2.24, 2.45) is 0 Å². The molecule has 2 heterocycles. The molecule has 68 heavy (non-hydrogen) atoms. The van der Waals surface area contributed by atoms with Crippen molar-refractivity contribution in [3.8, 4) is 33.8 Å². The molecule has 0 bridgehead atoms. The number of rotatable bonds is 11. The second kappa shape index (κ2) is 19.2. The third kappa shape index (κ3) is 8.99. The predicted molar refractivity (Wildman–Crippen MR) is 283 cm³/mol. The van der Waals surface area contributed by atoms with Gasteiger partial charge in [-0.25, -0.2) is 0 Å². The molecule has 0 amide bonds. The van der Waals surface area contributed by atoms with Gasteiger partial charge in [0.2, 0.25) is 0 Å². The van der Waals surface area contributed by atoms with Gasteiger partial charge < -0.3 is 18.2 Å². The maximum Gasteiger partial charge on any atom is 0.278 e. The molecule has 9 aromatic rings. The average molecular weight is 965 g/mol. The van der Waals surface area contributed by atoms with Crippen molar-refractivity contribution in [3.05, 3.63) is 254 Å². The van der Waals surface area contributed by atoms with Crippen LogP contribution in [0, 0.1) is 0 Å². The molecule has 0 aromatic heterocycles. The van der Waals surface area contributed by atoms with Gasteiger partial charge in [0.1, 0.15) is 25.8 Å². The summed E-state index contributed by atoms with van der Waals surface area (Å²) in [6.07, 6.45) is 1.14. The Bertz CT molecular complexity index is 3100. The van der Waals surface area contributed by atoms with E-state index in [-0.39, 0.29) is 12.3 Å². The summed E-state index contributed by atoms with van der Waals surface area (Å²) in [7, 11) is -12.3. The molecule has 0 aliphatic carbocycles. The summed E-state index contributed by atoms with van der Waals surface area (Å²) in [5.41, 5.74) is 5.68. The normalized spacial score (nSPS) is 16.8. The lowest BCUT2D eigenvalue weighted by molar-refractivity contribution is 0.482. The van der Waals surface area contributed by atoms with Crippen LogP contribution in [-0.4, -0.2) is 12.3 Å². The molecule has 2 aliphatic heterocycles. The highest BCUT2D eigenvalue weighted by Gasteiger charge is 2.42. The maximum atomic E-state index is 14.4. The predicted octanol–water partition coefficient (Wildman–Crippen LogP) is 13.0. The fourth-order valence-corrected chi connectivity index (χ4v) is 20.2. The molecule has 2 atom stereocenters. The van der Waals surface area contributed by atoms with E-state index in [2.05, 4.69) is 0 Å². The zero-order chi connectivity index (χ0) is 46.6. The summed E-state index contributed by atoms with van der Waals surface area (Å²) >= 11 is 0. The Kier molecular flexibility index (Phi) is 12.8. The second-order valence-corrected chi connectivity index (χ2v) is 27.5. The monoisotopic (exact) mass is 964 g/mol. The van der Waals surface area contributed by atoms with E-state index in [0.29, 0.717) is 34.4 Å². The Morgan fingerprint density at radius 1 is 0.309 bits per heavy atom. The fraction of sp³-hybridized carbons (Fsp3) is 0.0690. The first-order valence-electron chi connectivity index (χ1n) is 22.6. The molecular formula is C58H48O6P4. The Morgan fingerprint density at radius 2 is 0.574 bits per heavy atom. The lowest BCUT2D eigenvalue weighted by Gasteiger charge is -2.32. The van der Waals surface area contributed by atoms with Gasteiger partial charge >= 0.3 is 0 Å². The van der Waals surface area contributed by atoms with E-state index in [1.165, 1.54) is 0 Å². The van der Waals surface area contributed by atoms with E-state index in [1.807, 2.05) is 243 Å². The van der Waals surface area contributed by atoms with Crippen molar-refractivity contribution >= 4 is 60.8 Å². The van der Waals surface area contributed by atoms with Crippen LogP contribution in [0.4, 0.5) is 0 Å². The van der Waals surface area contributed by atoms with Crippen LogP contribution in [0.15, 0.2) is 243 Å². The van der Waals surface area contributed by atoms with Crippen molar-refractivity contribution < 1.29 is 27.3 Å². The van der Waals surface area contributed by atoms with Crippen LogP contribution in [0.25, 0.3) is 22.3 Å². The Morgan fingerprint density at radius 3 is 0.897 bits per heavy atom. The van der Waals surface area contributed by atoms with E-state index in [1.54, 1.807) is 0 Å². The summed E-state index contributed by atoms with van der Waals surface area (Å²) in [4.78, 5) is 0. The molecule has 0 saturated carbocycles. The van der Waals surface area contributed by atoms with E-state index >= 15 is 0 Å². The minimum Gasteiger partial charge on any atom is -0.439 e. The maximum absolute atomic E-state index is 14.4. The van der Waals surface area contributed by atoms with Crippen LogP contribution in [0.1, 0.15) is 11.1 Å². The number of fused-ring (bicyclic) bond motifs is 6. The Hall–Kier alpha value is -6.50. The molecule has 2 aliphatic rings. The van der Waals surface area contributed by atoms with E-state index < -0.39 is 29.0 Å². The molecular weight excluding hydrogens is 917 g/mol. The van der Waals surface area contributed by atoms with E-state index in [0.717, 1.165) is 54.6 Å².